The molecule has 1 unspecified atom stereocenters. The van der Waals surface area contributed by atoms with Crippen LogP contribution >= 0.6 is 0 Å². The standard InChI is InChI=1S/2C16H28O2/c2*1-14(2,3)10-11(17)13(16(7,8)9)18-12(10)15(4,5)6/h17H,1-9H3;13H,1-9H3. The molecule has 0 fully saturated rings. The van der Waals surface area contributed by atoms with Crippen LogP contribution in [0.5, 0.6) is 5.75 Å². The lowest BCUT2D eigenvalue weighted by Gasteiger charge is -2.28. The van der Waals surface area contributed by atoms with Crippen LogP contribution in [0.25, 0.3) is 0 Å². The minimum absolute atomic E-state index is 0.108. The van der Waals surface area contributed by atoms with Crippen LogP contribution in [0.2, 0.25) is 0 Å². The van der Waals surface area contributed by atoms with Crippen molar-refractivity contribution >= 4 is 5.78 Å². The fraction of sp³-hybridized carbons (Fsp3) is 0.781. The largest absolute Gasteiger partial charge is 0.504 e. The number of allylic oxidation sites excluding steroid dienone is 1. The van der Waals surface area contributed by atoms with Gasteiger partial charge >= 0.3 is 0 Å². The minimum atomic E-state index is -0.346. The Labute approximate surface area is 222 Å². The van der Waals surface area contributed by atoms with Crippen LogP contribution in [-0.4, -0.2) is 17.0 Å². The summed E-state index contributed by atoms with van der Waals surface area (Å²) in [6.07, 6.45) is -0.346. The molecular formula is C32H56O4. The van der Waals surface area contributed by atoms with Gasteiger partial charge in [-0.05, 0) is 10.8 Å². The van der Waals surface area contributed by atoms with Crippen molar-refractivity contribution in [2.24, 2.45) is 16.2 Å². The molecule has 0 saturated carbocycles. The zero-order valence-electron chi connectivity index (χ0n) is 26.7. The number of furan rings is 1. The predicted molar refractivity (Wildman–Crippen MR) is 152 cm³/mol. The molecule has 1 aromatic heterocycles. The normalized spacial score (nSPS) is 18.3. The average molecular weight is 505 g/mol. The predicted octanol–water partition coefficient (Wildman–Crippen LogP) is 9.22. The van der Waals surface area contributed by atoms with Gasteiger partial charge in [0.15, 0.2) is 17.6 Å². The van der Waals surface area contributed by atoms with E-state index in [1.54, 1.807) is 0 Å². The van der Waals surface area contributed by atoms with Gasteiger partial charge < -0.3 is 14.3 Å². The van der Waals surface area contributed by atoms with Crippen molar-refractivity contribution in [2.75, 3.05) is 0 Å². The summed E-state index contributed by atoms with van der Waals surface area (Å²) >= 11 is 0. The average Bonchev–Trinajstić information content (AvgIpc) is 3.10. The van der Waals surface area contributed by atoms with E-state index in [-0.39, 0.29) is 44.4 Å². The molecule has 0 amide bonds. The first-order chi connectivity index (χ1) is 15.5. The van der Waals surface area contributed by atoms with Crippen molar-refractivity contribution in [1.29, 1.82) is 0 Å². The SMILES string of the molecule is CC(C)(C)C1=C(C(C)(C)C)C(=O)C(C(C)(C)C)O1.CC(C)(C)c1oc(C(C)(C)C)c(C(C)(C)C)c1O. The third-order valence-electron chi connectivity index (χ3n) is 6.16. The molecule has 0 spiro atoms. The molecule has 2 heterocycles. The smallest absolute Gasteiger partial charge is 0.203 e. The van der Waals surface area contributed by atoms with E-state index >= 15 is 0 Å². The summed E-state index contributed by atoms with van der Waals surface area (Å²) in [7, 11) is 0. The highest BCUT2D eigenvalue weighted by atomic mass is 16.5. The summed E-state index contributed by atoms with van der Waals surface area (Å²) in [6, 6.07) is 0. The number of carbonyl (C=O) groups is 1. The molecule has 0 aliphatic carbocycles. The van der Waals surface area contributed by atoms with E-state index in [0.29, 0.717) is 11.5 Å². The number of hydrogen-bond acceptors (Lipinski definition) is 4. The molecule has 2 rings (SSSR count). The second kappa shape index (κ2) is 9.55. The number of Topliss-reactive ketones (excluding diaryl/α,β-unsaturated/α-hetero) is 1. The first-order valence-electron chi connectivity index (χ1n) is 13.4. The van der Waals surface area contributed by atoms with Crippen LogP contribution in [0.1, 0.15) is 142 Å². The lowest BCUT2D eigenvalue weighted by Crippen LogP contribution is -2.34. The van der Waals surface area contributed by atoms with Gasteiger partial charge in [0.25, 0.3) is 0 Å². The summed E-state index contributed by atoms with van der Waals surface area (Å²) in [4.78, 5) is 12.7. The maximum atomic E-state index is 12.7. The highest BCUT2D eigenvalue weighted by Gasteiger charge is 2.48. The highest BCUT2D eigenvalue weighted by molar-refractivity contribution is 6.02. The summed E-state index contributed by atoms with van der Waals surface area (Å²) in [5.74, 6) is 2.97. The molecule has 1 atom stereocenters. The molecule has 36 heavy (non-hydrogen) atoms. The van der Waals surface area contributed by atoms with Gasteiger partial charge in [-0.15, -0.1) is 0 Å². The van der Waals surface area contributed by atoms with E-state index in [1.165, 1.54) is 0 Å². The number of aromatic hydroxyl groups is 1. The molecule has 0 bridgehead atoms. The van der Waals surface area contributed by atoms with E-state index in [2.05, 4.69) is 125 Å². The molecule has 208 valence electrons. The van der Waals surface area contributed by atoms with Crippen LogP contribution in [0.3, 0.4) is 0 Å². The van der Waals surface area contributed by atoms with Gasteiger partial charge in [-0.25, -0.2) is 0 Å². The first-order valence-corrected chi connectivity index (χ1v) is 13.4. The van der Waals surface area contributed by atoms with Gasteiger partial charge in [0, 0.05) is 32.8 Å². The molecular weight excluding hydrogens is 448 g/mol. The van der Waals surface area contributed by atoms with Gasteiger partial charge in [-0.1, -0.05) is 125 Å². The van der Waals surface area contributed by atoms with Crippen LogP contribution < -0.4 is 0 Å². The van der Waals surface area contributed by atoms with Crippen LogP contribution in [0.4, 0.5) is 0 Å². The molecule has 0 saturated heterocycles. The Hall–Kier alpha value is -1.71. The van der Waals surface area contributed by atoms with Gasteiger partial charge in [0.05, 0.1) is 0 Å². The van der Waals surface area contributed by atoms with Gasteiger partial charge in [-0.2, -0.15) is 0 Å². The Morgan fingerprint density at radius 1 is 0.583 bits per heavy atom. The Bertz CT molecular complexity index is 976. The number of hydrogen-bond donors (Lipinski definition) is 1. The number of ketones is 1. The number of carbonyl (C=O) groups excluding carboxylic acids is 1. The molecule has 0 aromatic carbocycles. The first kappa shape index (κ1) is 32.3. The van der Waals surface area contributed by atoms with Crippen molar-refractivity contribution in [3.8, 4) is 5.75 Å². The zero-order chi connectivity index (χ0) is 29.0. The molecule has 0 radical (unpaired) electrons. The Balaban J connectivity index is 0.000000360. The number of ether oxygens (including phenoxy) is 1. The maximum absolute atomic E-state index is 12.7. The topological polar surface area (TPSA) is 59.7 Å². The van der Waals surface area contributed by atoms with E-state index in [0.717, 1.165) is 22.7 Å². The van der Waals surface area contributed by atoms with Gasteiger partial charge in [0.1, 0.15) is 11.5 Å². The molecule has 1 aromatic rings. The fourth-order valence-corrected chi connectivity index (χ4v) is 4.46. The molecule has 1 N–H and O–H groups in total. The van der Waals surface area contributed by atoms with E-state index < -0.39 is 0 Å². The maximum Gasteiger partial charge on any atom is 0.203 e. The summed E-state index contributed by atoms with van der Waals surface area (Å²) in [6.45, 7) is 37.6. The van der Waals surface area contributed by atoms with E-state index in [1.807, 2.05) is 0 Å². The van der Waals surface area contributed by atoms with Crippen molar-refractivity contribution in [3.05, 3.63) is 28.4 Å². The molecule has 1 aliphatic rings. The summed E-state index contributed by atoms with van der Waals surface area (Å²) < 4.78 is 12.1. The molecule has 4 nitrogen and oxygen atoms in total. The third-order valence-corrected chi connectivity index (χ3v) is 6.16. The fourth-order valence-electron chi connectivity index (χ4n) is 4.46. The quantitative estimate of drug-likeness (QED) is 0.382. The van der Waals surface area contributed by atoms with Crippen LogP contribution in [-0.2, 0) is 25.8 Å². The lowest BCUT2D eigenvalue weighted by atomic mass is 9.76. The van der Waals surface area contributed by atoms with Gasteiger partial charge in [0.2, 0.25) is 5.78 Å². The van der Waals surface area contributed by atoms with E-state index in [9.17, 15) is 9.90 Å². The Kier molecular flexibility index (Phi) is 8.57. The second-order valence-electron chi connectivity index (χ2n) is 16.7. The van der Waals surface area contributed by atoms with Crippen molar-refractivity contribution in [1.82, 2.24) is 0 Å². The van der Waals surface area contributed by atoms with Crippen LogP contribution in [0.15, 0.2) is 15.7 Å². The minimum Gasteiger partial charge on any atom is -0.504 e. The molecule has 1 aliphatic heterocycles. The second-order valence-corrected chi connectivity index (χ2v) is 16.7. The monoisotopic (exact) mass is 504 g/mol. The van der Waals surface area contributed by atoms with Crippen molar-refractivity contribution < 1.29 is 19.1 Å². The van der Waals surface area contributed by atoms with E-state index in [4.69, 9.17) is 9.15 Å². The molecule has 4 heteroatoms. The lowest BCUT2D eigenvalue weighted by molar-refractivity contribution is -0.127. The summed E-state index contributed by atoms with van der Waals surface area (Å²) in [5, 5.41) is 10.6. The summed E-state index contributed by atoms with van der Waals surface area (Å²) in [5.41, 5.74) is 0.935. The Morgan fingerprint density at radius 3 is 1.22 bits per heavy atom. The zero-order valence-corrected chi connectivity index (χ0v) is 26.7. The van der Waals surface area contributed by atoms with Crippen molar-refractivity contribution in [3.63, 3.8) is 0 Å². The van der Waals surface area contributed by atoms with Crippen molar-refractivity contribution in [2.45, 2.75) is 147 Å². The highest BCUT2D eigenvalue weighted by Crippen LogP contribution is 2.48. The van der Waals surface area contributed by atoms with Gasteiger partial charge in [-0.3, -0.25) is 4.79 Å². The number of rotatable bonds is 0. The van der Waals surface area contributed by atoms with Crippen LogP contribution in [0, 0.1) is 16.2 Å². The Morgan fingerprint density at radius 2 is 1.00 bits per heavy atom. The third kappa shape index (κ3) is 7.19.